The van der Waals surface area contributed by atoms with Crippen molar-refractivity contribution < 1.29 is 19.1 Å². The average molecular weight is 470 g/mol. The van der Waals surface area contributed by atoms with E-state index in [0.29, 0.717) is 40.3 Å². The highest BCUT2D eigenvalue weighted by Gasteiger charge is 2.20. The molecule has 3 aromatic rings. The average Bonchev–Trinajstić information content (AvgIpc) is 3.26. The lowest BCUT2D eigenvalue weighted by Gasteiger charge is -2.15. The second-order valence-electron chi connectivity index (χ2n) is 7.08. The van der Waals surface area contributed by atoms with Gasteiger partial charge in [0, 0.05) is 23.9 Å². The number of aromatic nitrogens is 3. The van der Waals surface area contributed by atoms with Crippen molar-refractivity contribution in [2.45, 2.75) is 31.6 Å². The highest BCUT2D eigenvalue weighted by Crippen LogP contribution is 2.22. The highest BCUT2D eigenvalue weighted by molar-refractivity contribution is 7.99. The molecule has 0 aliphatic carbocycles. The van der Waals surface area contributed by atoms with Crippen LogP contribution in [0.1, 0.15) is 36.1 Å². The lowest BCUT2D eigenvalue weighted by Crippen LogP contribution is -2.28. The van der Waals surface area contributed by atoms with Gasteiger partial charge in [-0.25, -0.2) is 0 Å². The molecule has 2 amide bonds. The predicted molar refractivity (Wildman–Crippen MR) is 127 cm³/mol. The van der Waals surface area contributed by atoms with E-state index in [2.05, 4.69) is 20.8 Å². The van der Waals surface area contributed by atoms with E-state index in [-0.39, 0.29) is 23.6 Å². The summed E-state index contributed by atoms with van der Waals surface area (Å²) >= 11 is 1.29. The van der Waals surface area contributed by atoms with E-state index in [4.69, 9.17) is 9.47 Å². The van der Waals surface area contributed by atoms with E-state index < -0.39 is 0 Å². The normalized spacial score (nSPS) is 11.5. The van der Waals surface area contributed by atoms with Crippen molar-refractivity contribution in [3.05, 3.63) is 59.9 Å². The Morgan fingerprint density at radius 3 is 2.45 bits per heavy atom. The van der Waals surface area contributed by atoms with Gasteiger partial charge in [0.2, 0.25) is 5.91 Å². The predicted octanol–water partition coefficient (Wildman–Crippen LogP) is 3.54. The molecule has 0 unspecified atom stereocenters. The summed E-state index contributed by atoms with van der Waals surface area (Å²) in [6.07, 6.45) is 0. The van der Waals surface area contributed by atoms with Gasteiger partial charge >= 0.3 is 0 Å². The number of amides is 2. The van der Waals surface area contributed by atoms with Gasteiger partial charge in [-0.2, -0.15) is 0 Å². The van der Waals surface area contributed by atoms with Crippen molar-refractivity contribution in [2.24, 2.45) is 0 Å². The Labute approximate surface area is 196 Å². The fourth-order valence-electron chi connectivity index (χ4n) is 3.14. The van der Waals surface area contributed by atoms with Crippen LogP contribution in [0.2, 0.25) is 0 Å². The van der Waals surface area contributed by atoms with Gasteiger partial charge in [0.1, 0.15) is 11.5 Å². The Balaban J connectivity index is 1.61. The molecule has 0 bridgehead atoms. The molecule has 1 atom stereocenters. The quantitative estimate of drug-likeness (QED) is 0.437. The zero-order valence-electron chi connectivity index (χ0n) is 19.0. The first-order chi connectivity index (χ1) is 15.9. The van der Waals surface area contributed by atoms with Gasteiger partial charge in [0.05, 0.1) is 26.0 Å². The maximum absolute atomic E-state index is 12.6. The SMILES string of the molecule is CCn1c(SCC(=O)Nc2cccc(OC)c2)nnc1[C@H](C)NC(=O)c1ccc(OC)cc1. The summed E-state index contributed by atoms with van der Waals surface area (Å²) in [4.78, 5) is 25.0. The highest BCUT2D eigenvalue weighted by atomic mass is 32.2. The lowest BCUT2D eigenvalue weighted by molar-refractivity contribution is -0.113. The van der Waals surface area contributed by atoms with Crippen LogP contribution in [0.4, 0.5) is 5.69 Å². The van der Waals surface area contributed by atoms with Crippen LogP contribution in [-0.2, 0) is 11.3 Å². The maximum Gasteiger partial charge on any atom is 0.251 e. The summed E-state index contributed by atoms with van der Waals surface area (Å²) in [5.74, 6) is 1.75. The number of ether oxygens (including phenoxy) is 2. The Bertz CT molecular complexity index is 1100. The molecule has 0 saturated carbocycles. The first-order valence-electron chi connectivity index (χ1n) is 10.4. The van der Waals surface area contributed by atoms with Crippen LogP contribution in [0.15, 0.2) is 53.7 Å². The number of benzene rings is 2. The molecule has 0 saturated heterocycles. The minimum Gasteiger partial charge on any atom is -0.497 e. The Kier molecular flexibility index (Phi) is 8.31. The zero-order valence-corrected chi connectivity index (χ0v) is 19.8. The van der Waals surface area contributed by atoms with Crippen LogP contribution in [0.3, 0.4) is 0 Å². The summed E-state index contributed by atoms with van der Waals surface area (Å²) in [7, 11) is 3.15. The number of nitrogens with zero attached hydrogens (tertiary/aromatic N) is 3. The molecule has 174 valence electrons. The summed E-state index contributed by atoms with van der Waals surface area (Å²) in [6, 6.07) is 13.7. The number of methoxy groups -OCH3 is 2. The van der Waals surface area contributed by atoms with E-state index in [0.717, 1.165) is 0 Å². The molecule has 0 aliphatic rings. The van der Waals surface area contributed by atoms with Crippen molar-refractivity contribution in [2.75, 3.05) is 25.3 Å². The fraction of sp³-hybridized carbons (Fsp3) is 0.304. The summed E-state index contributed by atoms with van der Waals surface area (Å²) in [5.41, 5.74) is 1.18. The molecule has 2 aromatic carbocycles. The standard InChI is InChI=1S/C23H27N5O4S/c1-5-28-21(15(2)24-22(30)16-9-11-18(31-3)12-10-16)26-27-23(28)33-14-20(29)25-17-7-6-8-19(13-17)32-4/h6-13,15H,5,14H2,1-4H3,(H,24,30)(H,25,29)/t15-/m0/s1. The zero-order chi connectivity index (χ0) is 23.8. The number of anilines is 1. The largest absolute Gasteiger partial charge is 0.497 e. The Morgan fingerprint density at radius 2 is 1.79 bits per heavy atom. The third-order valence-corrected chi connectivity index (χ3v) is 5.80. The second kappa shape index (κ2) is 11.4. The van der Waals surface area contributed by atoms with E-state index in [1.165, 1.54) is 11.8 Å². The molecule has 0 aliphatic heterocycles. The van der Waals surface area contributed by atoms with Crippen LogP contribution in [-0.4, -0.2) is 46.6 Å². The number of thioether (sulfide) groups is 1. The van der Waals surface area contributed by atoms with Crippen LogP contribution in [0, 0.1) is 0 Å². The van der Waals surface area contributed by atoms with Gasteiger partial charge in [-0.15, -0.1) is 10.2 Å². The van der Waals surface area contributed by atoms with Crippen molar-refractivity contribution in [1.29, 1.82) is 0 Å². The third kappa shape index (κ3) is 6.26. The number of carbonyl (C=O) groups is 2. The van der Waals surface area contributed by atoms with Crippen LogP contribution >= 0.6 is 11.8 Å². The van der Waals surface area contributed by atoms with E-state index in [1.54, 1.807) is 50.6 Å². The van der Waals surface area contributed by atoms with Gasteiger partial charge in [0.25, 0.3) is 5.91 Å². The van der Waals surface area contributed by atoms with Gasteiger partial charge in [-0.3, -0.25) is 9.59 Å². The van der Waals surface area contributed by atoms with Crippen LogP contribution in [0.25, 0.3) is 0 Å². The Morgan fingerprint density at radius 1 is 1.06 bits per heavy atom. The molecule has 0 fully saturated rings. The number of hydrogen-bond donors (Lipinski definition) is 2. The molecule has 2 N–H and O–H groups in total. The number of nitrogens with one attached hydrogen (secondary N) is 2. The van der Waals surface area contributed by atoms with Crippen molar-refractivity contribution in [3.63, 3.8) is 0 Å². The number of rotatable bonds is 10. The summed E-state index contributed by atoms with van der Waals surface area (Å²) in [5, 5.41) is 14.9. The van der Waals surface area contributed by atoms with E-state index in [9.17, 15) is 9.59 Å². The Hall–Kier alpha value is -3.53. The molecular weight excluding hydrogens is 442 g/mol. The van der Waals surface area contributed by atoms with Crippen LogP contribution < -0.4 is 20.1 Å². The molecule has 0 spiro atoms. The minimum atomic E-state index is -0.369. The summed E-state index contributed by atoms with van der Waals surface area (Å²) < 4.78 is 12.2. The van der Waals surface area contributed by atoms with Gasteiger partial charge < -0.3 is 24.7 Å². The summed E-state index contributed by atoms with van der Waals surface area (Å²) in [6.45, 7) is 4.41. The molecule has 1 heterocycles. The molecule has 9 nitrogen and oxygen atoms in total. The molecular formula is C23H27N5O4S. The molecule has 1 aromatic heterocycles. The fourth-order valence-corrected chi connectivity index (χ4v) is 3.95. The molecule has 0 radical (unpaired) electrons. The van der Waals surface area contributed by atoms with Crippen molar-refractivity contribution in [1.82, 2.24) is 20.1 Å². The van der Waals surface area contributed by atoms with Crippen LogP contribution in [0.5, 0.6) is 11.5 Å². The van der Waals surface area contributed by atoms with Gasteiger partial charge in [-0.05, 0) is 50.2 Å². The van der Waals surface area contributed by atoms with Gasteiger partial charge in [-0.1, -0.05) is 17.8 Å². The first-order valence-corrected chi connectivity index (χ1v) is 11.4. The smallest absolute Gasteiger partial charge is 0.251 e. The van der Waals surface area contributed by atoms with Gasteiger partial charge in [0.15, 0.2) is 11.0 Å². The molecule has 10 heteroatoms. The molecule has 33 heavy (non-hydrogen) atoms. The lowest BCUT2D eigenvalue weighted by atomic mass is 10.2. The van der Waals surface area contributed by atoms with Crippen molar-refractivity contribution in [3.8, 4) is 11.5 Å². The minimum absolute atomic E-state index is 0.165. The number of carbonyl (C=O) groups excluding carboxylic acids is 2. The monoisotopic (exact) mass is 469 g/mol. The molecule has 3 rings (SSSR count). The van der Waals surface area contributed by atoms with E-state index >= 15 is 0 Å². The number of hydrogen-bond acceptors (Lipinski definition) is 7. The third-order valence-electron chi connectivity index (χ3n) is 4.83. The second-order valence-corrected chi connectivity index (χ2v) is 8.02. The first kappa shape index (κ1) is 24.1. The van der Waals surface area contributed by atoms with E-state index in [1.807, 2.05) is 30.5 Å². The van der Waals surface area contributed by atoms with Crippen molar-refractivity contribution >= 4 is 29.3 Å². The maximum atomic E-state index is 12.6. The topological polar surface area (TPSA) is 107 Å².